The van der Waals surface area contributed by atoms with Gasteiger partial charge in [0, 0.05) is 10.5 Å². The number of rotatable bonds is 6. The van der Waals surface area contributed by atoms with Gasteiger partial charge in [0.15, 0.2) is 5.75 Å². The quantitative estimate of drug-likeness (QED) is 0.607. The molecule has 18 heavy (non-hydrogen) atoms. The standard InChI is InChI=1S/C10H11BrN2O5/c1-12-7(10(14)15)5-18-9-3-2-6(11)4-8(9)13(16)17/h2-4,7,12H,5H2,1H3,(H,14,15). The number of hydrogen-bond acceptors (Lipinski definition) is 5. The van der Waals surface area contributed by atoms with Crippen LogP contribution >= 0.6 is 15.9 Å². The highest BCUT2D eigenvalue weighted by atomic mass is 79.9. The van der Waals surface area contributed by atoms with E-state index >= 15 is 0 Å². The van der Waals surface area contributed by atoms with E-state index in [1.165, 1.54) is 19.2 Å². The number of carboxylic acids is 1. The molecular weight excluding hydrogens is 308 g/mol. The van der Waals surface area contributed by atoms with Gasteiger partial charge in [0.25, 0.3) is 0 Å². The van der Waals surface area contributed by atoms with Crippen LogP contribution < -0.4 is 10.1 Å². The smallest absolute Gasteiger partial charge is 0.324 e. The highest BCUT2D eigenvalue weighted by molar-refractivity contribution is 9.10. The van der Waals surface area contributed by atoms with Crippen molar-refractivity contribution in [2.75, 3.05) is 13.7 Å². The SMILES string of the molecule is CNC(COc1ccc(Br)cc1[N+](=O)[O-])C(=O)O. The fourth-order valence-corrected chi connectivity index (χ4v) is 1.56. The summed E-state index contributed by atoms with van der Waals surface area (Å²) in [4.78, 5) is 20.9. The average Bonchev–Trinajstić information content (AvgIpc) is 2.30. The lowest BCUT2D eigenvalue weighted by Gasteiger charge is -2.12. The van der Waals surface area contributed by atoms with E-state index in [-0.39, 0.29) is 18.0 Å². The minimum atomic E-state index is -1.09. The Morgan fingerprint density at radius 3 is 2.83 bits per heavy atom. The van der Waals surface area contributed by atoms with Crippen LogP contribution in [0.25, 0.3) is 0 Å². The second kappa shape index (κ2) is 6.31. The van der Waals surface area contributed by atoms with Gasteiger partial charge in [0.1, 0.15) is 12.6 Å². The van der Waals surface area contributed by atoms with Gasteiger partial charge in [-0.2, -0.15) is 0 Å². The van der Waals surface area contributed by atoms with Crippen molar-refractivity contribution in [3.63, 3.8) is 0 Å². The van der Waals surface area contributed by atoms with Gasteiger partial charge in [0.2, 0.25) is 0 Å². The van der Waals surface area contributed by atoms with Crippen LogP contribution in [0.15, 0.2) is 22.7 Å². The topological polar surface area (TPSA) is 102 Å². The molecule has 0 saturated carbocycles. The van der Waals surface area contributed by atoms with Crippen molar-refractivity contribution in [2.24, 2.45) is 0 Å². The number of nitrogens with zero attached hydrogens (tertiary/aromatic N) is 1. The molecule has 0 heterocycles. The van der Waals surface area contributed by atoms with Gasteiger partial charge in [-0.1, -0.05) is 15.9 Å². The zero-order valence-corrected chi connectivity index (χ0v) is 11.0. The minimum absolute atomic E-state index is 0.0321. The first-order valence-corrected chi connectivity index (χ1v) is 5.71. The summed E-state index contributed by atoms with van der Waals surface area (Å²) in [6, 6.07) is 3.37. The third-order valence-electron chi connectivity index (χ3n) is 2.17. The molecule has 98 valence electrons. The number of hydrogen-bond donors (Lipinski definition) is 2. The van der Waals surface area contributed by atoms with Gasteiger partial charge in [0.05, 0.1) is 4.92 Å². The molecule has 0 amide bonds. The highest BCUT2D eigenvalue weighted by Gasteiger charge is 2.20. The number of ether oxygens (including phenoxy) is 1. The van der Waals surface area contributed by atoms with Crippen LogP contribution in [0.4, 0.5) is 5.69 Å². The second-order valence-electron chi connectivity index (χ2n) is 3.36. The van der Waals surface area contributed by atoms with Crippen molar-refractivity contribution in [3.05, 3.63) is 32.8 Å². The number of benzene rings is 1. The molecule has 0 spiro atoms. The molecule has 1 atom stereocenters. The van der Waals surface area contributed by atoms with E-state index in [0.717, 1.165) is 0 Å². The summed E-state index contributed by atoms with van der Waals surface area (Å²) >= 11 is 3.12. The number of carbonyl (C=O) groups is 1. The maximum Gasteiger partial charge on any atom is 0.324 e. The predicted octanol–water partition coefficient (Wildman–Crippen LogP) is 1.41. The van der Waals surface area contributed by atoms with Crippen molar-refractivity contribution in [2.45, 2.75) is 6.04 Å². The highest BCUT2D eigenvalue weighted by Crippen LogP contribution is 2.30. The number of nitrogens with one attached hydrogen (secondary N) is 1. The summed E-state index contributed by atoms with van der Waals surface area (Å²) in [6.07, 6.45) is 0. The molecule has 0 saturated heterocycles. The lowest BCUT2D eigenvalue weighted by Crippen LogP contribution is -2.39. The monoisotopic (exact) mass is 318 g/mol. The molecule has 2 N–H and O–H groups in total. The van der Waals surface area contributed by atoms with Crippen LogP contribution in [-0.2, 0) is 4.79 Å². The minimum Gasteiger partial charge on any atom is -0.485 e. The van der Waals surface area contributed by atoms with E-state index < -0.39 is 16.9 Å². The number of halogens is 1. The van der Waals surface area contributed by atoms with E-state index in [9.17, 15) is 14.9 Å². The molecule has 0 aliphatic rings. The zero-order valence-electron chi connectivity index (χ0n) is 9.42. The fraction of sp³-hybridized carbons (Fsp3) is 0.300. The van der Waals surface area contributed by atoms with Crippen molar-refractivity contribution in [3.8, 4) is 5.75 Å². The maximum absolute atomic E-state index is 10.8. The molecule has 0 aliphatic heterocycles. The maximum atomic E-state index is 10.8. The second-order valence-corrected chi connectivity index (χ2v) is 4.28. The lowest BCUT2D eigenvalue weighted by molar-refractivity contribution is -0.386. The van der Waals surface area contributed by atoms with Crippen LogP contribution in [0.5, 0.6) is 5.75 Å². The largest absolute Gasteiger partial charge is 0.485 e. The number of aliphatic carboxylic acids is 1. The van der Waals surface area contributed by atoms with Crippen LogP contribution in [0.1, 0.15) is 0 Å². The number of carboxylic acid groups (broad SMARTS) is 1. The summed E-state index contributed by atoms with van der Waals surface area (Å²) in [5.41, 5.74) is -0.218. The Morgan fingerprint density at radius 1 is 1.67 bits per heavy atom. The number of nitro groups is 1. The third-order valence-corrected chi connectivity index (χ3v) is 2.66. The molecule has 1 aromatic rings. The van der Waals surface area contributed by atoms with Crippen LogP contribution in [0, 0.1) is 10.1 Å². The summed E-state index contributed by atoms with van der Waals surface area (Å²) in [5.74, 6) is -1.05. The summed E-state index contributed by atoms with van der Waals surface area (Å²) in [6.45, 7) is -0.200. The Bertz CT molecular complexity index is 466. The predicted molar refractivity (Wildman–Crippen MR) is 66.8 cm³/mol. The molecule has 8 heteroatoms. The van der Waals surface area contributed by atoms with Crippen molar-refractivity contribution in [1.82, 2.24) is 5.32 Å². The molecule has 0 radical (unpaired) electrons. The van der Waals surface area contributed by atoms with Crippen molar-refractivity contribution >= 4 is 27.6 Å². The van der Waals surface area contributed by atoms with Gasteiger partial charge in [-0.05, 0) is 19.2 Å². The molecular formula is C10H11BrN2O5. The van der Waals surface area contributed by atoms with E-state index in [1.54, 1.807) is 6.07 Å². The van der Waals surface area contributed by atoms with E-state index in [4.69, 9.17) is 9.84 Å². The normalized spacial score (nSPS) is 11.9. The molecule has 1 unspecified atom stereocenters. The van der Waals surface area contributed by atoms with Crippen LogP contribution in [0.2, 0.25) is 0 Å². The molecule has 7 nitrogen and oxygen atoms in total. The van der Waals surface area contributed by atoms with Gasteiger partial charge < -0.3 is 15.2 Å². The van der Waals surface area contributed by atoms with Crippen LogP contribution in [-0.4, -0.2) is 35.7 Å². The lowest BCUT2D eigenvalue weighted by atomic mass is 10.3. The van der Waals surface area contributed by atoms with Gasteiger partial charge in [-0.25, -0.2) is 0 Å². The Balaban J connectivity index is 2.84. The molecule has 1 aromatic carbocycles. The molecule has 0 bridgehead atoms. The van der Waals surface area contributed by atoms with Gasteiger partial charge in [-0.15, -0.1) is 0 Å². The van der Waals surface area contributed by atoms with E-state index in [2.05, 4.69) is 21.2 Å². The Morgan fingerprint density at radius 2 is 2.33 bits per heavy atom. The number of nitro benzene ring substituents is 1. The van der Waals surface area contributed by atoms with Crippen molar-refractivity contribution < 1.29 is 19.6 Å². The summed E-state index contributed by atoms with van der Waals surface area (Å²) in [7, 11) is 1.47. The van der Waals surface area contributed by atoms with Gasteiger partial charge >= 0.3 is 11.7 Å². The average molecular weight is 319 g/mol. The Kier molecular flexibility index (Phi) is 5.05. The third kappa shape index (κ3) is 3.67. The summed E-state index contributed by atoms with van der Waals surface area (Å²) in [5, 5.41) is 22.1. The Labute approximate surface area is 111 Å². The van der Waals surface area contributed by atoms with Gasteiger partial charge in [-0.3, -0.25) is 14.9 Å². The molecule has 1 rings (SSSR count). The van der Waals surface area contributed by atoms with Crippen LogP contribution in [0.3, 0.4) is 0 Å². The molecule has 0 aliphatic carbocycles. The fourth-order valence-electron chi connectivity index (χ4n) is 1.21. The molecule has 0 fully saturated rings. The number of likely N-dealkylation sites (N-methyl/N-ethyl adjacent to an activating group) is 1. The van der Waals surface area contributed by atoms with E-state index in [0.29, 0.717) is 4.47 Å². The Hall–Kier alpha value is -1.67. The van der Waals surface area contributed by atoms with E-state index in [1.807, 2.05) is 0 Å². The first-order valence-electron chi connectivity index (χ1n) is 4.92. The molecule has 0 aromatic heterocycles. The van der Waals surface area contributed by atoms with Crippen molar-refractivity contribution in [1.29, 1.82) is 0 Å². The first kappa shape index (κ1) is 14.4. The first-order chi connectivity index (χ1) is 8.45. The summed E-state index contributed by atoms with van der Waals surface area (Å²) < 4.78 is 5.71. The zero-order chi connectivity index (χ0) is 13.7.